The first kappa shape index (κ1) is 32.0. The Hall–Kier alpha value is -4.39. The lowest BCUT2D eigenvalue weighted by Gasteiger charge is -2.26. The third-order valence-corrected chi connectivity index (χ3v) is 8.49. The Morgan fingerprint density at radius 2 is 1.64 bits per heavy atom. The lowest BCUT2D eigenvalue weighted by molar-refractivity contribution is -0.147. The summed E-state index contributed by atoms with van der Waals surface area (Å²) in [5.41, 5.74) is -0.619. The lowest BCUT2D eigenvalue weighted by atomic mass is 10.1. The van der Waals surface area contributed by atoms with Crippen molar-refractivity contribution in [1.82, 2.24) is 14.6 Å². The van der Waals surface area contributed by atoms with E-state index in [1.807, 2.05) is 29.2 Å². The number of hydrogen-bond donors (Lipinski definition) is 3. The number of benzene rings is 3. The van der Waals surface area contributed by atoms with E-state index in [2.05, 4.69) is 5.09 Å². The van der Waals surface area contributed by atoms with Crippen LogP contribution in [0.15, 0.2) is 107 Å². The Balaban J connectivity index is 1.35. The highest BCUT2D eigenvalue weighted by Crippen LogP contribution is 2.46. The van der Waals surface area contributed by atoms with E-state index in [-0.39, 0.29) is 25.2 Å². The maximum absolute atomic E-state index is 14.3. The molecule has 0 radical (unpaired) electrons. The first-order valence-corrected chi connectivity index (χ1v) is 15.6. The molecule has 0 saturated carbocycles. The van der Waals surface area contributed by atoms with Gasteiger partial charge in [-0.05, 0) is 29.7 Å². The summed E-state index contributed by atoms with van der Waals surface area (Å²) in [7, 11) is -4.40. The summed E-state index contributed by atoms with van der Waals surface area (Å²) in [6.07, 6.45) is -2.90. The predicted molar refractivity (Wildman–Crippen MR) is 160 cm³/mol. The molecule has 5 atom stereocenters. The zero-order valence-corrected chi connectivity index (χ0v) is 24.8. The van der Waals surface area contributed by atoms with Crippen molar-refractivity contribution in [2.24, 2.45) is 0 Å². The van der Waals surface area contributed by atoms with E-state index in [4.69, 9.17) is 18.5 Å². The molecule has 0 bridgehead atoms. The maximum atomic E-state index is 14.3. The zero-order chi connectivity index (χ0) is 31.8. The van der Waals surface area contributed by atoms with Crippen LogP contribution in [-0.4, -0.2) is 45.5 Å². The van der Waals surface area contributed by atoms with Crippen molar-refractivity contribution in [3.8, 4) is 5.75 Å². The van der Waals surface area contributed by atoms with Gasteiger partial charge in [-0.1, -0.05) is 78.9 Å². The second-order valence-electron chi connectivity index (χ2n) is 10.2. The fourth-order valence-electron chi connectivity index (χ4n) is 4.64. The molecule has 3 aromatic carbocycles. The number of nitrogens with zero attached hydrogens (tertiary/aromatic N) is 1. The van der Waals surface area contributed by atoms with Crippen LogP contribution in [0.5, 0.6) is 5.75 Å². The Kier molecular flexibility index (Phi) is 10.4. The molecule has 1 unspecified atom stereocenters. The molecule has 1 aliphatic heterocycles. The average Bonchev–Trinajstić information content (AvgIpc) is 3.41. The van der Waals surface area contributed by atoms with Gasteiger partial charge in [0.15, 0.2) is 0 Å². The zero-order valence-electron chi connectivity index (χ0n) is 23.9. The number of para-hydroxylation sites is 1. The summed E-state index contributed by atoms with van der Waals surface area (Å²) in [6, 6.07) is 25.0. The maximum Gasteiger partial charge on any atom is 0.459 e. The first-order chi connectivity index (χ1) is 21.7. The van der Waals surface area contributed by atoms with E-state index in [0.717, 1.165) is 15.7 Å². The number of carbonyl (C=O) groups is 1. The number of hydrogen-bond acceptors (Lipinski definition) is 9. The van der Waals surface area contributed by atoms with Gasteiger partial charge in [0.1, 0.15) is 30.7 Å². The minimum Gasteiger partial charge on any atom is -0.460 e. The highest BCUT2D eigenvalue weighted by atomic mass is 31.2. The van der Waals surface area contributed by atoms with E-state index in [1.54, 1.807) is 66.7 Å². The Labute approximate surface area is 256 Å². The molecule has 1 aliphatic rings. The minimum absolute atomic E-state index is 0.0223. The normalized spacial score (nSPS) is 19.8. The molecule has 4 aromatic rings. The van der Waals surface area contributed by atoms with Crippen LogP contribution in [0.3, 0.4) is 0 Å². The van der Waals surface area contributed by atoms with E-state index >= 15 is 0 Å². The van der Waals surface area contributed by atoms with Crippen molar-refractivity contribution in [3.05, 3.63) is 135 Å². The third-order valence-electron chi connectivity index (χ3n) is 6.92. The summed E-state index contributed by atoms with van der Waals surface area (Å²) in [5.74, 6) is -1.74. The van der Waals surface area contributed by atoms with E-state index < -0.39 is 61.9 Å². The number of aromatic nitrogens is 2. The Morgan fingerprint density at radius 3 is 2.31 bits per heavy atom. The molecule has 5 rings (SSSR count). The number of carbonyl (C=O) groups excluding carboxylic acids is 1. The van der Waals surface area contributed by atoms with Gasteiger partial charge in [0.2, 0.25) is 5.82 Å². The highest BCUT2D eigenvalue weighted by Gasteiger charge is 2.40. The summed E-state index contributed by atoms with van der Waals surface area (Å²) >= 11 is 0. The largest absolute Gasteiger partial charge is 0.460 e. The molecule has 0 amide bonds. The van der Waals surface area contributed by atoms with Gasteiger partial charge in [-0.2, -0.15) is 9.48 Å². The number of halogens is 1. The molecule has 3 N–H and O–H groups in total. The van der Waals surface area contributed by atoms with Gasteiger partial charge in [0.05, 0.1) is 18.9 Å². The molecule has 1 saturated heterocycles. The minimum atomic E-state index is -4.40. The third kappa shape index (κ3) is 8.62. The molecular weight excluding hydrogens is 608 g/mol. The number of esters is 1. The van der Waals surface area contributed by atoms with Crippen LogP contribution in [0, 0.1) is 5.82 Å². The molecule has 2 heterocycles. The van der Waals surface area contributed by atoms with E-state index in [0.29, 0.717) is 6.20 Å². The topological polar surface area (TPSA) is 158 Å². The Bertz CT molecular complexity index is 1740. The van der Waals surface area contributed by atoms with Crippen LogP contribution in [-0.2, 0) is 36.4 Å². The first-order valence-electron chi connectivity index (χ1n) is 14.0. The molecule has 0 aliphatic carbocycles. The van der Waals surface area contributed by atoms with Crippen molar-refractivity contribution in [1.29, 1.82) is 0 Å². The van der Waals surface area contributed by atoms with Gasteiger partial charge < -0.3 is 19.1 Å². The standard InChI is InChI=1S/C31H31FN3O9P/c32-24-18-35(31(39)33-29(24)37)28-17-26(36)27(43-28)20-42-45(40,44-23-14-8-3-9-15-23)34-25(16-21-10-4-1-5-11-21)30(38)41-19-22-12-6-2-7-13-22/h1-15,18,25-28,36H,16-17,19-20H2,(H,34,40)(H,33,37,39)/t25-,26-,27+,28+,45?/m0/s1. The van der Waals surface area contributed by atoms with Gasteiger partial charge in [0, 0.05) is 6.42 Å². The van der Waals surface area contributed by atoms with E-state index in [1.165, 1.54) is 0 Å². The number of ether oxygens (including phenoxy) is 2. The van der Waals surface area contributed by atoms with Crippen LogP contribution in [0.25, 0.3) is 0 Å². The van der Waals surface area contributed by atoms with Crippen LogP contribution >= 0.6 is 7.75 Å². The van der Waals surface area contributed by atoms with E-state index in [9.17, 15) is 28.4 Å². The fraction of sp³-hybridized carbons (Fsp3) is 0.258. The predicted octanol–water partition coefficient (Wildman–Crippen LogP) is 3.47. The van der Waals surface area contributed by atoms with Crippen LogP contribution < -0.4 is 20.9 Å². The number of aliphatic hydroxyl groups excluding tert-OH is 1. The molecular formula is C31H31FN3O9P. The second-order valence-corrected chi connectivity index (χ2v) is 11.9. The van der Waals surface area contributed by atoms with Crippen molar-refractivity contribution < 1.29 is 37.4 Å². The van der Waals surface area contributed by atoms with Crippen molar-refractivity contribution >= 4 is 13.7 Å². The number of nitrogens with one attached hydrogen (secondary N) is 2. The molecule has 0 spiro atoms. The fourth-order valence-corrected chi connectivity index (χ4v) is 6.14. The number of aromatic amines is 1. The van der Waals surface area contributed by atoms with Gasteiger partial charge in [-0.25, -0.2) is 9.36 Å². The quantitative estimate of drug-likeness (QED) is 0.146. The summed E-state index contributed by atoms with van der Waals surface area (Å²) < 4.78 is 51.7. The lowest BCUT2D eigenvalue weighted by Crippen LogP contribution is -2.40. The molecule has 45 heavy (non-hydrogen) atoms. The van der Waals surface area contributed by atoms with Crippen LogP contribution in [0.4, 0.5) is 4.39 Å². The smallest absolute Gasteiger partial charge is 0.459 e. The molecule has 236 valence electrons. The molecule has 14 heteroatoms. The van der Waals surface area contributed by atoms with Gasteiger partial charge in [-0.15, -0.1) is 0 Å². The monoisotopic (exact) mass is 639 g/mol. The average molecular weight is 640 g/mol. The van der Waals surface area contributed by atoms with Gasteiger partial charge >= 0.3 is 19.4 Å². The summed E-state index contributed by atoms with van der Waals surface area (Å²) in [4.78, 5) is 38.9. The number of H-pyrrole nitrogens is 1. The number of rotatable bonds is 13. The second kappa shape index (κ2) is 14.6. The van der Waals surface area contributed by atoms with Gasteiger partial charge in [-0.3, -0.25) is 23.7 Å². The van der Waals surface area contributed by atoms with Crippen LogP contribution in [0.1, 0.15) is 23.8 Å². The number of aliphatic hydroxyl groups is 1. The molecule has 12 nitrogen and oxygen atoms in total. The van der Waals surface area contributed by atoms with Crippen molar-refractivity contribution in [3.63, 3.8) is 0 Å². The highest BCUT2D eigenvalue weighted by molar-refractivity contribution is 7.52. The molecule has 1 fully saturated rings. The molecule has 1 aromatic heterocycles. The van der Waals surface area contributed by atoms with Crippen molar-refractivity contribution in [2.45, 2.75) is 43.9 Å². The SMILES string of the molecule is O=C(OCc1ccccc1)[C@H](Cc1ccccc1)NP(=O)(OC[C@H]1O[C@@H](n2cc(F)c(=O)[nH]c2=O)C[C@@H]1O)Oc1ccccc1. The summed E-state index contributed by atoms with van der Waals surface area (Å²) in [6.45, 7) is -0.530. The van der Waals surface area contributed by atoms with Crippen molar-refractivity contribution in [2.75, 3.05) is 6.61 Å². The van der Waals surface area contributed by atoms with Gasteiger partial charge in [0.25, 0.3) is 5.56 Å². The Morgan fingerprint density at radius 1 is 1.02 bits per heavy atom. The summed E-state index contributed by atoms with van der Waals surface area (Å²) in [5, 5.41) is 13.4. The van der Waals surface area contributed by atoms with Crippen LogP contribution in [0.2, 0.25) is 0 Å².